The van der Waals surface area contributed by atoms with Crippen LogP contribution in [0.25, 0.3) is 0 Å². The molecule has 3 rings (SSSR count). The highest BCUT2D eigenvalue weighted by atomic mass is 16.7. The first-order chi connectivity index (χ1) is 11.2. The van der Waals surface area contributed by atoms with E-state index < -0.39 is 0 Å². The van der Waals surface area contributed by atoms with Gasteiger partial charge in [0.05, 0.1) is 6.10 Å². The van der Waals surface area contributed by atoms with Gasteiger partial charge in [0.1, 0.15) is 5.75 Å². The zero-order chi connectivity index (χ0) is 16.1. The Morgan fingerprint density at radius 1 is 1.35 bits per heavy atom. The van der Waals surface area contributed by atoms with Crippen molar-refractivity contribution in [1.29, 1.82) is 0 Å². The smallest absolute Gasteiger partial charge is 0.325 e. The summed E-state index contributed by atoms with van der Waals surface area (Å²) in [5.41, 5.74) is 1.07. The zero-order valence-electron chi connectivity index (χ0n) is 13.5. The topological polar surface area (TPSA) is 56.2 Å². The molecule has 0 aliphatic heterocycles. The highest BCUT2D eigenvalue weighted by Crippen LogP contribution is 2.23. The molecule has 0 radical (unpaired) electrons. The molecular weight excluding hydrogens is 292 g/mol. The van der Waals surface area contributed by atoms with Gasteiger partial charge in [-0.15, -0.1) is 0 Å². The third-order valence-corrected chi connectivity index (χ3v) is 4.45. The standard InChI is InChI=1S/C18H24N2O3/c1-14(12-20-10-9-19-18(20)21)15-5-4-8-17(11-15)23-13-22-16-6-2-3-7-16/h4-5,8-11,14,16H,2-3,6-7,12-13H2,1H3,(H,19,21). The van der Waals surface area contributed by atoms with Crippen molar-refractivity contribution in [1.82, 2.24) is 9.55 Å². The quantitative estimate of drug-likeness (QED) is 0.798. The minimum atomic E-state index is -0.0748. The van der Waals surface area contributed by atoms with Gasteiger partial charge in [-0.05, 0) is 36.5 Å². The van der Waals surface area contributed by atoms with Crippen LogP contribution in [0.15, 0.2) is 41.5 Å². The fraction of sp³-hybridized carbons (Fsp3) is 0.500. The molecule has 2 aromatic rings. The summed E-state index contributed by atoms with van der Waals surface area (Å²) < 4.78 is 13.1. The average molecular weight is 316 g/mol. The summed E-state index contributed by atoms with van der Waals surface area (Å²) in [4.78, 5) is 14.2. The molecule has 5 heteroatoms. The average Bonchev–Trinajstić information content (AvgIpc) is 3.20. The maximum absolute atomic E-state index is 11.6. The number of hydrogen-bond donors (Lipinski definition) is 1. The second-order valence-corrected chi connectivity index (χ2v) is 6.23. The Morgan fingerprint density at radius 2 is 2.17 bits per heavy atom. The predicted octanol–water partition coefficient (Wildman–Crippen LogP) is 3.28. The number of aromatic amines is 1. The van der Waals surface area contributed by atoms with Crippen molar-refractivity contribution in [2.75, 3.05) is 6.79 Å². The Balaban J connectivity index is 1.55. The number of aromatic nitrogens is 2. The van der Waals surface area contributed by atoms with Crippen LogP contribution in [0.3, 0.4) is 0 Å². The van der Waals surface area contributed by atoms with Gasteiger partial charge >= 0.3 is 5.69 Å². The molecular formula is C18H24N2O3. The number of ether oxygens (including phenoxy) is 2. The van der Waals surface area contributed by atoms with E-state index in [9.17, 15) is 4.79 Å². The first-order valence-corrected chi connectivity index (χ1v) is 8.30. The first kappa shape index (κ1) is 15.9. The molecule has 5 nitrogen and oxygen atoms in total. The van der Waals surface area contributed by atoms with Crippen LogP contribution in [0.1, 0.15) is 44.1 Å². The molecule has 1 N–H and O–H groups in total. The van der Waals surface area contributed by atoms with Gasteiger partial charge in [0, 0.05) is 18.9 Å². The third-order valence-electron chi connectivity index (χ3n) is 4.45. The van der Waals surface area contributed by atoms with Crippen molar-refractivity contribution >= 4 is 0 Å². The summed E-state index contributed by atoms with van der Waals surface area (Å²) in [5.74, 6) is 1.04. The minimum Gasteiger partial charge on any atom is -0.468 e. The lowest BCUT2D eigenvalue weighted by Crippen LogP contribution is -2.19. The summed E-state index contributed by atoms with van der Waals surface area (Å²) in [6.45, 7) is 3.05. The van der Waals surface area contributed by atoms with Crippen LogP contribution in [-0.2, 0) is 11.3 Å². The van der Waals surface area contributed by atoms with E-state index in [1.165, 1.54) is 12.8 Å². The maximum atomic E-state index is 11.6. The number of nitrogens with one attached hydrogen (secondary N) is 1. The van der Waals surface area contributed by atoms with Gasteiger partial charge in [0.15, 0.2) is 6.79 Å². The summed E-state index contributed by atoms with van der Waals surface area (Å²) in [5, 5.41) is 0. The number of nitrogens with zero attached hydrogens (tertiary/aromatic N) is 1. The van der Waals surface area contributed by atoms with Gasteiger partial charge in [-0.1, -0.05) is 31.9 Å². The first-order valence-electron chi connectivity index (χ1n) is 8.30. The Morgan fingerprint density at radius 3 is 2.91 bits per heavy atom. The van der Waals surface area contributed by atoms with Gasteiger partial charge in [-0.25, -0.2) is 4.79 Å². The zero-order valence-corrected chi connectivity index (χ0v) is 13.5. The molecule has 1 fully saturated rings. The van der Waals surface area contributed by atoms with Crippen molar-refractivity contribution in [3.05, 3.63) is 52.7 Å². The molecule has 1 aliphatic rings. The van der Waals surface area contributed by atoms with Crippen LogP contribution >= 0.6 is 0 Å². The van der Waals surface area contributed by atoms with Gasteiger partial charge in [-0.3, -0.25) is 4.57 Å². The molecule has 1 atom stereocenters. The molecule has 1 saturated carbocycles. The molecule has 0 amide bonds. The van der Waals surface area contributed by atoms with Crippen LogP contribution in [0.5, 0.6) is 5.75 Å². The summed E-state index contributed by atoms with van der Waals surface area (Å²) in [6, 6.07) is 8.01. The van der Waals surface area contributed by atoms with Crippen LogP contribution in [0, 0.1) is 0 Å². The van der Waals surface area contributed by atoms with Crippen molar-refractivity contribution in [3.63, 3.8) is 0 Å². The number of H-pyrrole nitrogens is 1. The highest BCUT2D eigenvalue weighted by molar-refractivity contribution is 5.30. The molecule has 0 saturated heterocycles. The van der Waals surface area contributed by atoms with Gasteiger partial charge in [-0.2, -0.15) is 0 Å². The van der Waals surface area contributed by atoms with Crippen LogP contribution in [0.2, 0.25) is 0 Å². The molecule has 1 aromatic carbocycles. The lowest BCUT2D eigenvalue weighted by Gasteiger charge is -2.15. The van der Waals surface area contributed by atoms with Gasteiger partial charge in [0.25, 0.3) is 0 Å². The van der Waals surface area contributed by atoms with Crippen molar-refractivity contribution in [3.8, 4) is 5.75 Å². The SMILES string of the molecule is CC(Cn1cc[nH]c1=O)c1cccc(OCOC2CCCC2)c1. The fourth-order valence-electron chi connectivity index (χ4n) is 3.06. The van der Waals surface area contributed by atoms with Crippen LogP contribution in [-0.4, -0.2) is 22.4 Å². The van der Waals surface area contributed by atoms with Crippen LogP contribution in [0.4, 0.5) is 0 Å². The molecule has 0 bridgehead atoms. The highest BCUT2D eigenvalue weighted by Gasteiger charge is 2.15. The summed E-state index contributed by atoms with van der Waals surface area (Å²) in [7, 11) is 0. The molecule has 1 aromatic heterocycles. The van der Waals surface area contributed by atoms with E-state index in [0.717, 1.165) is 24.2 Å². The Hall–Kier alpha value is -2.01. The van der Waals surface area contributed by atoms with Gasteiger partial charge < -0.3 is 14.5 Å². The maximum Gasteiger partial charge on any atom is 0.325 e. The van der Waals surface area contributed by atoms with Crippen molar-refractivity contribution in [2.45, 2.75) is 51.2 Å². The number of rotatable bonds is 7. The monoisotopic (exact) mass is 316 g/mol. The molecule has 1 aliphatic carbocycles. The van der Waals surface area contributed by atoms with E-state index in [2.05, 4.69) is 18.0 Å². The van der Waals surface area contributed by atoms with E-state index in [-0.39, 0.29) is 11.6 Å². The number of benzene rings is 1. The van der Waals surface area contributed by atoms with Gasteiger partial charge in [0.2, 0.25) is 0 Å². The summed E-state index contributed by atoms with van der Waals surface area (Å²) in [6.07, 6.45) is 8.60. The molecule has 23 heavy (non-hydrogen) atoms. The Kier molecular flexibility index (Phi) is 5.18. The lowest BCUT2D eigenvalue weighted by molar-refractivity contribution is -0.0325. The fourth-order valence-corrected chi connectivity index (χ4v) is 3.06. The van der Waals surface area contributed by atoms with E-state index in [0.29, 0.717) is 19.4 Å². The second kappa shape index (κ2) is 7.51. The van der Waals surface area contributed by atoms with E-state index in [4.69, 9.17) is 9.47 Å². The molecule has 1 heterocycles. The largest absolute Gasteiger partial charge is 0.468 e. The molecule has 1 unspecified atom stereocenters. The number of hydrogen-bond acceptors (Lipinski definition) is 3. The predicted molar refractivity (Wildman–Crippen MR) is 88.7 cm³/mol. The summed E-state index contributed by atoms with van der Waals surface area (Å²) >= 11 is 0. The second-order valence-electron chi connectivity index (χ2n) is 6.23. The Bertz CT molecular complexity index is 671. The molecule has 0 spiro atoms. The normalized spacial score (nSPS) is 16.6. The minimum absolute atomic E-state index is 0.0748. The van der Waals surface area contributed by atoms with E-state index >= 15 is 0 Å². The Labute approximate surface area is 136 Å². The lowest BCUT2D eigenvalue weighted by atomic mass is 10.0. The van der Waals surface area contributed by atoms with E-state index in [1.807, 2.05) is 18.2 Å². The third kappa shape index (κ3) is 4.26. The van der Waals surface area contributed by atoms with Crippen molar-refractivity contribution in [2.24, 2.45) is 0 Å². The van der Waals surface area contributed by atoms with E-state index in [1.54, 1.807) is 17.0 Å². The van der Waals surface area contributed by atoms with Crippen LogP contribution < -0.4 is 10.4 Å². The molecule has 124 valence electrons. The van der Waals surface area contributed by atoms with Crippen molar-refractivity contribution < 1.29 is 9.47 Å². The number of imidazole rings is 1.